The molecular weight excluding hydrogens is 511 g/mol. The van der Waals surface area contributed by atoms with Gasteiger partial charge < -0.3 is 15.0 Å². The number of carbonyl (C=O) groups is 3. The fourth-order valence-electron chi connectivity index (χ4n) is 6.66. The number of nitrogens with zero attached hydrogens (tertiary/aromatic N) is 3. The molecule has 9 heteroatoms. The Morgan fingerprint density at radius 2 is 1.75 bits per heavy atom. The lowest BCUT2D eigenvalue weighted by Gasteiger charge is -2.56. The molecule has 4 fully saturated rings. The highest BCUT2D eigenvalue weighted by Crippen LogP contribution is 2.55. The monoisotopic (exact) mass is 554 g/mol. The van der Waals surface area contributed by atoms with Crippen molar-refractivity contribution in [2.75, 3.05) is 19.6 Å². The number of hydrogen-bond donors (Lipinski definition) is 1. The van der Waals surface area contributed by atoms with Crippen LogP contribution in [0.15, 0.2) is 30.3 Å². The molecule has 1 saturated heterocycles. The number of nitriles is 1. The highest BCUT2D eigenvalue weighted by molar-refractivity contribution is 5.85. The molecule has 3 saturated carbocycles. The van der Waals surface area contributed by atoms with Crippen molar-refractivity contribution >= 4 is 17.9 Å². The van der Waals surface area contributed by atoms with Crippen molar-refractivity contribution in [3.05, 3.63) is 35.9 Å². The Labute approximate surface area is 237 Å². The molecule has 2 bridgehead atoms. The molecule has 1 heterocycles. The van der Waals surface area contributed by atoms with Gasteiger partial charge in [-0.3, -0.25) is 14.5 Å². The number of alkyl halides is 1. The summed E-state index contributed by atoms with van der Waals surface area (Å²) in [6, 6.07) is 10.5. The molecule has 40 heavy (non-hydrogen) atoms. The zero-order valence-corrected chi connectivity index (χ0v) is 23.7. The van der Waals surface area contributed by atoms with Gasteiger partial charge in [0.2, 0.25) is 11.8 Å². The fraction of sp³-hybridized carbons (Fsp3) is 0.677. The number of amides is 3. The number of carbonyl (C=O) groups excluding carboxylic acids is 3. The number of hydrogen-bond acceptors (Lipinski definition) is 5. The van der Waals surface area contributed by atoms with E-state index in [9.17, 15) is 24.0 Å². The Bertz CT molecular complexity index is 1050. The molecule has 0 spiro atoms. The molecule has 8 nitrogen and oxygen atoms in total. The van der Waals surface area contributed by atoms with Gasteiger partial charge in [-0.1, -0.05) is 62.9 Å². The maximum absolute atomic E-state index is 14.1. The summed E-state index contributed by atoms with van der Waals surface area (Å²) in [7, 11) is 0. The Hall–Kier alpha value is -3.15. The van der Waals surface area contributed by atoms with Crippen molar-refractivity contribution < 1.29 is 23.5 Å². The van der Waals surface area contributed by atoms with Gasteiger partial charge in [0, 0.05) is 23.9 Å². The third-order valence-electron chi connectivity index (χ3n) is 9.27. The van der Waals surface area contributed by atoms with E-state index in [1.165, 1.54) is 29.1 Å². The van der Waals surface area contributed by atoms with Crippen LogP contribution < -0.4 is 5.32 Å². The molecule has 3 aliphatic carbocycles. The molecule has 1 aromatic rings. The Kier molecular flexibility index (Phi) is 10.0. The van der Waals surface area contributed by atoms with Crippen LogP contribution in [0.2, 0.25) is 0 Å². The second-order valence-corrected chi connectivity index (χ2v) is 11.8. The summed E-state index contributed by atoms with van der Waals surface area (Å²) in [6.45, 7) is 2.53. The average molecular weight is 555 g/mol. The summed E-state index contributed by atoms with van der Waals surface area (Å²) in [5, 5.41) is 12.6. The van der Waals surface area contributed by atoms with Gasteiger partial charge in [0.1, 0.15) is 25.4 Å². The lowest BCUT2D eigenvalue weighted by atomic mass is 9.56. The van der Waals surface area contributed by atoms with Crippen LogP contribution >= 0.6 is 0 Å². The predicted molar refractivity (Wildman–Crippen MR) is 149 cm³/mol. The SMILES string of the molecule is CCCCCCCNC(=O)C12CCC(N(CC(=O)N3C[C@@H](F)C[C@H]3C#N)C(=O)OCc3ccccc3)(CC1)CC2. The van der Waals surface area contributed by atoms with Gasteiger partial charge in [0.05, 0.1) is 12.6 Å². The van der Waals surface area contributed by atoms with E-state index < -0.39 is 35.2 Å². The van der Waals surface area contributed by atoms with E-state index >= 15 is 0 Å². The normalized spacial score (nSPS) is 27.2. The number of nitrogens with one attached hydrogen (secondary N) is 1. The van der Waals surface area contributed by atoms with Crippen LogP contribution in [0.4, 0.5) is 9.18 Å². The lowest BCUT2D eigenvalue weighted by Crippen LogP contribution is -2.63. The van der Waals surface area contributed by atoms with Crippen LogP contribution in [0.25, 0.3) is 0 Å². The predicted octanol–water partition coefficient (Wildman–Crippen LogP) is 5.27. The summed E-state index contributed by atoms with van der Waals surface area (Å²) in [6.07, 6.45) is 7.55. The standard InChI is InChI=1S/C31H43FN4O4/c1-2-3-4-5-9-18-34-28(38)30-12-15-31(16-13-30,17-14-30)36(29(39)40-23-24-10-7-6-8-11-24)22-27(37)35-21-25(32)19-26(35)20-33/h6-8,10-11,25-26H,2-5,9,12-19,21-23H2,1H3,(H,34,38)/t25-,26-,30?,31?/m0/s1. The first-order valence-corrected chi connectivity index (χ1v) is 14.9. The molecular formula is C31H43FN4O4. The molecule has 1 aliphatic heterocycles. The molecule has 3 amide bonds. The average Bonchev–Trinajstić information content (AvgIpc) is 3.38. The van der Waals surface area contributed by atoms with Crippen LogP contribution in [-0.2, 0) is 20.9 Å². The number of fused-ring (bicyclic) bond motifs is 3. The van der Waals surface area contributed by atoms with Crippen molar-refractivity contribution in [3.8, 4) is 6.07 Å². The van der Waals surface area contributed by atoms with Crippen molar-refractivity contribution in [1.29, 1.82) is 5.26 Å². The zero-order chi connectivity index (χ0) is 28.6. The second kappa shape index (κ2) is 13.5. The van der Waals surface area contributed by atoms with Crippen molar-refractivity contribution in [3.63, 3.8) is 0 Å². The minimum absolute atomic E-state index is 0.0118. The van der Waals surface area contributed by atoms with E-state index in [1.807, 2.05) is 36.4 Å². The summed E-state index contributed by atoms with van der Waals surface area (Å²) in [4.78, 5) is 42.9. The van der Waals surface area contributed by atoms with E-state index in [0.717, 1.165) is 18.4 Å². The highest BCUT2D eigenvalue weighted by Gasteiger charge is 2.56. The first kappa shape index (κ1) is 29.8. The second-order valence-electron chi connectivity index (χ2n) is 11.8. The molecule has 218 valence electrons. The lowest BCUT2D eigenvalue weighted by molar-refractivity contribution is -0.145. The zero-order valence-electron chi connectivity index (χ0n) is 23.7. The summed E-state index contributed by atoms with van der Waals surface area (Å²) < 4.78 is 19.8. The van der Waals surface area contributed by atoms with E-state index in [2.05, 4.69) is 12.2 Å². The van der Waals surface area contributed by atoms with Gasteiger partial charge >= 0.3 is 6.09 Å². The van der Waals surface area contributed by atoms with Gasteiger partial charge in [-0.05, 0) is 50.5 Å². The Morgan fingerprint density at radius 3 is 2.40 bits per heavy atom. The number of likely N-dealkylation sites (tertiary alicyclic amines) is 1. The molecule has 1 aromatic carbocycles. The molecule has 0 radical (unpaired) electrons. The molecule has 2 atom stereocenters. The van der Waals surface area contributed by atoms with Crippen LogP contribution in [0.1, 0.15) is 89.5 Å². The minimum atomic E-state index is -1.25. The van der Waals surface area contributed by atoms with Crippen molar-refractivity contribution in [2.24, 2.45) is 5.41 Å². The van der Waals surface area contributed by atoms with Gasteiger partial charge in [-0.15, -0.1) is 0 Å². The van der Waals surface area contributed by atoms with Gasteiger partial charge in [-0.25, -0.2) is 9.18 Å². The first-order valence-electron chi connectivity index (χ1n) is 14.9. The number of benzene rings is 1. The molecule has 4 aliphatic rings. The number of unbranched alkanes of at least 4 members (excludes halogenated alkanes) is 4. The number of ether oxygens (including phenoxy) is 1. The van der Waals surface area contributed by atoms with Gasteiger partial charge in [0.15, 0.2) is 0 Å². The van der Waals surface area contributed by atoms with Crippen molar-refractivity contribution in [1.82, 2.24) is 15.1 Å². The third kappa shape index (κ3) is 6.76. The number of halogens is 1. The molecule has 1 N–H and O–H groups in total. The van der Waals surface area contributed by atoms with E-state index in [4.69, 9.17) is 4.74 Å². The van der Waals surface area contributed by atoms with Gasteiger partial charge in [0.25, 0.3) is 0 Å². The molecule has 5 rings (SSSR count). The van der Waals surface area contributed by atoms with E-state index in [1.54, 1.807) is 0 Å². The molecule has 0 aromatic heterocycles. The fourth-order valence-corrected chi connectivity index (χ4v) is 6.66. The summed E-state index contributed by atoms with van der Waals surface area (Å²) >= 11 is 0. The first-order chi connectivity index (χ1) is 19.3. The summed E-state index contributed by atoms with van der Waals surface area (Å²) in [5.41, 5.74) is -0.207. The van der Waals surface area contributed by atoms with Crippen LogP contribution in [0, 0.1) is 16.7 Å². The maximum atomic E-state index is 14.1. The van der Waals surface area contributed by atoms with Crippen LogP contribution in [0.3, 0.4) is 0 Å². The van der Waals surface area contributed by atoms with Gasteiger partial charge in [-0.2, -0.15) is 5.26 Å². The quantitative estimate of drug-likeness (QED) is 0.355. The van der Waals surface area contributed by atoms with Crippen molar-refractivity contribution in [2.45, 2.75) is 108 Å². The van der Waals surface area contributed by atoms with E-state index in [-0.39, 0.29) is 32.0 Å². The maximum Gasteiger partial charge on any atom is 0.411 e. The largest absolute Gasteiger partial charge is 0.445 e. The highest BCUT2D eigenvalue weighted by atomic mass is 19.1. The minimum Gasteiger partial charge on any atom is -0.445 e. The van der Waals surface area contributed by atoms with Crippen LogP contribution in [-0.4, -0.2) is 65.1 Å². The smallest absolute Gasteiger partial charge is 0.411 e. The topological polar surface area (TPSA) is 103 Å². The number of rotatable bonds is 12. The third-order valence-corrected chi connectivity index (χ3v) is 9.27. The van der Waals surface area contributed by atoms with Crippen LogP contribution in [0.5, 0.6) is 0 Å². The van der Waals surface area contributed by atoms with E-state index in [0.29, 0.717) is 45.1 Å². The Balaban J connectivity index is 1.43. The molecule has 0 unspecified atom stereocenters. The Morgan fingerprint density at radius 1 is 1.07 bits per heavy atom. The summed E-state index contributed by atoms with van der Waals surface area (Å²) in [5.74, 6) is -0.338.